The molecule has 2 amide bonds. The molecule has 0 aromatic carbocycles. The van der Waals surface area contributed by atoms with Crippen LogP contribution in [0.2, 0.25) is 0 Å². The number of carboxylic acids is 1. The Bertz CT molecular complexity index is 355. The van der Waals surface area contributed by atoms with E-state index in [-0.39, 0.29) is 30.1 Å². The van der Waals surface area contributed by atoms with Gasteiger partial charge in [-0.1, -0.05) is 19.3 Å². The second-order valence-corrected chi connectivity index (χ2v) is 7.02. The van der Waals surface area contributed by atoms with Gasteiger partial charge < -0.3 is 15.3 Å². The van der Waals surface area contributed by atoms with E-state index in [1.54, 1.807) is 4.90 Å². The number of hydrogen-bond donors (Lipinski definition) is 2. The summed E-state index contributed by atoms with van der Waals surface area (Å²) in [5.74, 6) is -0.879. The van der Waals surface area contributed by atoms with Crippen LogP contribution in [0.1, 0.15) is 66.2 Å². The Morgan fingerprint density at radius 1 is 1.20 bits per heavy atom. The van der Waals surface area contributed by atoms with E-state index in [0.29, 0.717) is 0 Å². The van der Waals surface area contributed by atoms with Gasteiger partial charge in [0, 0.05) is 17.6 Å². The number of amides is 2. The monoisotopic (exact) mass is 284 g/mol. The molecule has 116 valence electrons. The second kappa shape index (κ2) is 6.46. The fourth-order valence-corrected chi connectivity index (χ4v) is 2.73. The van der Waals surface area contributed by atoms with Gasteiger partial charge in [0.1, 0.15) is 0 Å². The molecule has 0 aromatic rings. The summed E-state index contributed by atoms with van der Waals surface area (Å²) in [6.45, 7) is 8.11. The van der Waals surface area contributed by atoms with Gasteiger partial charge in [-0.05, 0) is 40.5 Å². The Hall–Kier alpha value is -1.26. The number of aliphatic carboxylic acids is 1. The van der Waals surface area contributed by atoms with Gasteiger partial charge in [0.15, 0.2) is 0 Å². The van der Waals surface area contributed by atoms with Crippen molar-refractivity contribution < 1.29 is 14.7 Å². The first-order valence-corrected chi connectivity index (χ1v) is 7.46. The van der Waals surface area contributed by atoms with Gasteiger partial charge in [0.05, 0.1) is 6.42 Å². The zero-order valence-electron chi connectivity index (χ0n) is 13.2. The molecule has 0 heterocycles. The van der Waals surface area contributed by atoms with Gasteiger partial charge in [-0.3, -0.25) is 4.79 Å². The summed E-state index contributed by atoms with van der Waals surface area (Å²) < 4.78 is 0. The lowest BCUT2D eigenvalue weighted by Crippen LogP contribution is -2.57. The first-order chi connectivity index (χ1) is 9.14. The maximum Gasteiger partial charge on any atom is 0.318 e. The zero-order valence-corrected chi connectivity index (χ0v) is 13.2. The van der Waals surface area contributed by atoms with E-state index in [0.717, 1.165) is 25.7 Å². The third-order valence-electron chi connectivity index (χ3n) is 3.97. The molecule has 1 fully saturated rings. The van der Waals surface area contributed by atoms with Crippen molar-refractivity contribution in [1.82, 2.24) is 10.2 Å². The third-order valence-corrected chi connectivity index (χ3v) is 3.97. The first-order valence-electron chi connectivity index (χ1n) is 7.46. The molecule has 0 spiro atoms. The molecule has 2 N–H and O–H groups in total. The van der Waals surface area contributed by atoms with Crippen LogP contribution in [0.5, 0.6) is 0 Å². The number of carboxylic acid groups (broad SMARTS) is 1. The van der Waals surface area contributed by atoms with Crippen molar-refractivity contribution in [3.63, 3.8) is 0 Å². The highest BCUT2D eigenvalue weighted by Crippen LogP contribution is 2.28. The molecule has 1 saturated carbocycles. The minimum atomic E-state index is -0.879. The van der Waals surface area contributed by atoms with Crippen molar-refractivity contribution in [1.29, 1.82) is 0 Å². The predicted octanol–water partition coefficient (Wildman–Crippen LogP) is 2.99. The second-order valence-electron chi connectivity index (χ2n) is 7.02. The normalized spacial score (nSPS) is 18.4. The van der Waals surface area contributed by atoms with Crippen LogP contribution in [0, 0.1) is 0 Å². The predicted molar refractivity (Wildman–Crippen MR) is 78.7 cm³/mol. The van der Waals surface area contributed by atoms with Crippen molar-refractivity contribution >= 4 is 12.0 Å². The number of nitrogens with zero attached hydrogens (tertiary/aromatic N) is 1. The van der Waals surface area contributed by atoms with Crippen LogP contribution in [0.15, 0.2) is 0 Å². The Labute approximate surface area is 121 Å². The first kappa shape index (κ1) is 16.8. The molecule has 0 radical (unpaired) electrons. The molecule has 1 aliphatic rings. The van der Waals surface area contributed by atoms with Gasteiger partial charge in [0.25, 0.3) is 0 Å². The van der Waals surface area contributed by atoms with E-state index in [1.165, 1.54) is 6.42 Å². The van der Waals surface area contributed by atoms with Gasteiger partial charge in [-0.2, -0.15) is 0 Å². The highest BCUT2D eigenvalue weighted by Gasteiger charge is 2.33. The summed E-state index contributed by atoms with van der Waals surface area (Å²) in [5, 5.41) is 11.9. The number of carbonyl (C=O) groups excluding carboxylic acids is 1. The lowest BCUT2D eigenvalue weighted by atomic mass is 9.83. The number of urea groups is 1. The van der Waals surface area contributed by atoms with E-state index >= 15 is 0 Å². The molecule has 5 heteroatoms. The lowest BCUT2D eigenvalue weighted by molar-refractivity contribution is -0.137. The van der Waals surface area contributed by atoms with Crippen molar-refractivity contribution in [3.05, 3.63) is 0 Å². The molecule has 0 saturated heterocycles. The van der Waals surface area contributed by atoms with Crippen LogP contribution in [0.25, 0.3) is 0 Å². The minimum Gasteiger partial charge on any atom is -0.481 e. The average Bonchev–Trinajstić information content (AvgIpc) is 2.26. The Kier molecular flexibility index (Phi) is 5.42. The van der Waals surface area contributed by atoms with Crippen molar-refractivity contribution in [2.45, 2.75) is 77.3 Å². The van der Waals surface area contributed by atoms with Gasteiger partial charge in [-0.15, -0.1) is 0 Å². The molecule has 0 bridgehead atoms. The number of rotatable bonds is 4. The molecule has 0 aliphatic heterocycles. The highest BCUT2D eigenvalue weighted by molar-refractivity contribution is 5.76. The number of carbonyl (C=O) groups is 2. The quantitative estimate of drug-likeness (QED) is 0.833. The molecule has 20 heavy (non-hydrogen) atoms. The van der Waals surface area contributed by atoms with Crippen LogP contribution in [-0.2, 0) is 4.79 Å². The number of nitrogens with one attached hydrogen (secondary N) is 1. The summed E-state index contributed by atoms with van der Waals surface area (Å²) in [6.07, 6.45) is 5.48. The SMILES string of the molecule is CC1(NC(=O)N(CCC(=O)O)C(C)(C)C)CCCCC1. The molecule has 0 unspecified atom stereocenters. The fraction of sp³-hybridized carbons (Fsp3) is 0.867. The molecular formula is C15H28N2O3. The lowest BCUT2D eigenvalue weighted by Gasteiger charge is -2.41. The van der Waals surface area contributed by atoms with Crippen LogP contribution in [0.3, 0.4) is 0 Å². The Balaban J connectivity index is 2.69. The molecule has 1 rings (SSSR count). The minimum absolute atomic E-state index is 0.0264. The Morgan fingerprint density at radius 2 is 1.75 bits per heavy atom. The van der Waals surface area contributed by atoms with Crippen LogP contribution >= 0.6 is 0 Å². The van der Waals surface area contributed by atoms with E-state index in [1.807, 2.05) is 20.8 Å². The standard InChI is InChI=1S/C15H28N2O3/c1-14(2,3)17(11-8-12(18)19)13(20)16-15(4)9-6-5-7-10-15/h5-11H2,1-4H3,(H,16,20)(H,18,19). The topological polar surface area (TPSA) is 69.6 Å². The third kappa shape index (κ3) is 5.02. The average molecular weight is 284 g/mol. The summed E-state index contributed by atoms with van der Waals surface area (Å²) >= 11 is 0. The highest BCUT2D eigenvalue weighted by atomic mass is 16.4. The number of hydrogen-bond acceptors (Lipinski definition) is 2. The van der Waals surface area contributed by atoms with E-state index in [9.17, 15) is 9.59 Å². The summed E-state index contributed by atoms with van der Waals surface area (Å²) in [6, 6.07) is -0.150. The van der Waals surface area contributed by atoms with E-state index in [2.05, 4.69) is 12.2 Å². The molecule has 1 aliphatic carbocycles. The summed E-state index contributed by atoms with van der Waals surface area (Å²) in [7, 11) is 0. The van der Waals surface area contributed by atoms with Gasteiger partial charge in [-0.25, -0.2) is 4.79 Å². The maximum absolute atomic E-state index is 12.5. The molecular weight excluding hydrogens is 256 g/mol. The smallest absolute Gasteiger partial charge is 0.318 e. The van der Waals surface area contributed by atoms with Gasteiger partial charge >= 0.3 is 12.0 Å². The van der Waals surface area contributed by atoms with Crippen molar-refractivity contribution in [2.75, 3.05) is 6.54 Å². The zero-order chi connectivity index (χ0) is 15.4. The molecule has 5 nitrogen and oxygen atoms in total. The fourth-order valence-electron chi connectivity index (χ4n) is 2.73. The summed E-state index contributed by atoms with van der Waals surface area (Å²) in [5.41, 5.74) is -0.535. The van der Waals surface area contributed by atoms with Crippen LogP contribution in [0.4, 0.5) is 4.79 Å². The maximum atomic E-state index is 12.5. The van der Waals surface area contributed by atoms with Crippen LogP contribution in [-0.4, -0.2) is 39.6 Å². The van der Waals surface area contributed by atoms with E-state index in [4.69, 9.17) is 5.11 Å². The molecule has 0 atom stereocenters. The summed E-state index contributed by atoms with van der Waals surface area (Å²) in [4.78, 5) is 24.9. The van der Waals surface area contributed by atoms with E-state index < -0.39 is 5.97 Å². The largest absolute Gasteiger partial charge is 0.481 e. The Morgan fingerprint density at radius 3 is 2.20 bits per heavy atom. The van der Waals surface area contributed by atoms with Gasteiger partial charge in [0.2, 0.25) is 0 Å². The van der Waals surface area contributed by atoms with Crippen molar-refractivity contribution in [3.8, 4) is 0 Å². The van der Waals surface area contributed by atoms with Crippen LogP contribution < -0.4 is 5.32 Å². The van der Waals surface area contributed by atoms with Crippen molar-refractivity contribution in [2.24, 2.45) is 0 Å². The molecule has 0 aromatic heterocycles.